The van der Waals surface area contributed by atoms with Gasteiger partial charge in [-0.2, -0.15) is 10.2 Å². The number of pyridine rings is 1. The third-order valence-electron chi connectivity index (χ3n) is 8.43. The van der Waals surface area contributed by atoms with Crippen molar-refractivity contribution in [1.29, 1.82) is 0 Å². The molecule has 3 saturated carbocycles. The molecule has 0 aliphatic heterocycles. The SMILES string of the molecule is Cc1cc(Nc2cc(C)nc(C34CCC(C(=O)NC(C)c5ccc(-n6cc(F)cn6)nc5)(CC3)CC4)n2)[nH]n1. The van der Waals surface area contributed by atoms with Crippen LogP contribution in [0.2, 0.25) is 0 Å². The van der Waals surface area contributed by atoms with Crippen LogP contribution in [0.15, 0.2) is 42.9 Å². The summed E-state index contributed by atoms with van der Waals surface area (Å²) in [5.74, 6) is 2.62. The zero-order valence-electron chi connectivity index (χ0n) is 22.3. The molecule has 2 bridgehead atoms. The lowest BCUT2D eigenvalue weighted by Crippen LogP contribution is -2.52. The molecule has 3 aliphatic carbocycles. The standard InChI is InChI=1S/C28H32FN9O/c1-17-12-22(34-23-13-18(2)36-37-23)35-25(32-17)27-6-9-28(10-7-27,11-8-27)26(39)33-19(3)20-4-5-24(30-14-20)38-16-21(29)15-31-38/h4-5,12-16,19H,6-11H2,1-3H3,(H,33,39)(H2,32,34,35,36,37). The van der Waals surface area contributed by atoms with Crippen molar-refractivity contribution in [3.63, 3.8) is 0 Å². The highest BCUT2D eigenvalue weighted by Gasteiger charge is 2.54. The Morgan fingerprint density at radius 1 is 1.05 bits per heavy atom. The van der Waals surface area contributed by atoms with Crippen molar-refractivity contribution in [3.05, 3.63) is 71.4 Å². The number of aromatic amines is 1. The lowest BCUT2D eigenvalue weighted by Gasteiger charge is -2.51. The smallest absolute Gasteiger partial charge is 0.226 e. The summed E-state index contributed by atoms with van der Waals surface area (Å²) >= 11 is 0. The van der Waals surface area contributed by atoms with E-state index in [4.69, 9.17) is 9.97 Å². The molecule has 1 amide bonds. The lowest BCUT2D eigenvalue weighted by molar-refractivity contribution is -0.138. The molecule has 3 aliphatic rings. The number of anilines is 2. The number of carbonyl (C=O) groups is 1. The highest BCUT2D eigenvalue weighted by atomic mass is 19.1. The number of aryl methyl sites for hydroxylation is 2. The Hall–Kier alpha value is -4.15. The van der Waals surface area contributed by atoms with E-state index in [0.717, 1.165) is 79.1 Å². The van der Waals surface area contributed by atoms with Gasteiger partial charge in [-0.1, -0.05) is 6.07 Å². The lowest BCUT2D eigenvalue weighted by atomic mass is 9.53. The zero-order chi connectivity index (χ0) is 27.2. The first kappa shape index (κ1) is 25.1. The van der Waals surface area contributed by atoms with Crippen molar-refractivity contribution in [2.75, 3.05) is 5.32 Å². The van der Waals surface area contributed by atoms with Crippen molar-refractivity contribution < 1.29 is 9.18 Å². The quantitative estimate of drug-likeness (QED) is 0.315. The second kappa shape index (κ2) is 9.55. The Morgan fingerprint density at radius 3 is 2.44 bits per heavy atom. The molecule has 3 fully saturated rings. The van der Waals surface area contributed by atoms with Crippen LogP contribution in [0.1, 0.15) is 74.3 Å². The number of nitrogens with one attached hydrogen (secondary N) is 3. The van der Waals surface area contributed by atoms with Crippen LogP contribution in [0.25, 0.3) is 5.82 Å². The summed E-state index contributed by atoms with van der Waals surface area (Å²) in [5.41, 5.74) is 2.24. The summed E-state index contributed by atoms with van der Waals surface area (Å²) in [7, 11) is 0. The van der Waals surface area contributed by atoms with E-state index in [0.29, 0.717) is 5.82 Å². The van der Waals surface area contributed by atoms with E-state index < -0.39 is 5.82 Å². The molecular formula is C28H32FN9O. The summed E-state index contributed by atoms with van der Waals surface area (Å²) in [6, 6.07) is 7.35. The van der Waals surface area contributed by atoms with Crippen molar-refractivity contribution in [2.45, 2.75) is 70.8 Å². The van der Waals surface area contributed by atoms with Gasteiger partial charge in [0.15, 0.2) is 11.6 Å². The van der Waals surface area contributed by atoms with Crippen LogP contribution >= 0.6 is 0 Å². The summed E-state index contributed by atoms with van der Waals surface area (Å²) in [6.45, 7) is 5.89. The van der Waals surface area contributed by atoms with Gasteiger partial charge in [0.05, 0.1) is 24.1 Å². The van der Waals surface area contributed by atoms with Gasteiger partial charge < -0.3 is 10.6 Å². The van der Waals surface area contributed by atoms with Crippen molar-refractivity contribution in [2.24, 2.45) is 5.41 Å². The molecule has 1 atom stereocenters. The van der Waals surface area contributed by atoms with Crippen molar-refractivity contribution >= 4 is 17.5 Å². The maximum Gasteiger partial charge on any atom is 0.226 e. The summed E-state index contributed by atoms with van der Waals surface area (Å²) in [6.07, 6.45) is 9.22. The molecule has 3 N–H and O–H groups in total. The van der Waals surface area contributed by atoms with E-state index in [1.807, 2.05) is 39.0 Å². The van der Waals surface area contributed by atoms with Gasteiger partial charge in [-0.05, 0) is 70.9 Å². The average Bonchev–Trinajstić information content (AvgIpc) is 3.57. The molecule has 0 aromatic carbocycles. The van der Waals surface area contributed by atoms with Gasteiger partial charge in [0, 0.05) is 34.9 Å². The molecule has 202 valence electrons. The maximum absolute atomic E-state index is 13.6. The summed E-state index contributed by atoms with van der Waals surface area (Å²) in [4.78, 5) is 27.7. The number of H-pyrrole nitrogens is 1. The first-order valence-electron chi connectivity index (χ1n) is 13.4. The zero-order valence-corrected chi connectivity index (χ0v) is 22.3. The number of carbonyl (C=O) groups excluding carboxylic acids is 1. The number of hydrogen-bond donors (Lipinski definition) is 3. The minimum atomic E-state index is -0.417. The van der Waals surface area contributed by atoms with Crippen molar-refractivity contribution in [1.82, 2.24) is 40.2 Å². The van der Waals surface area contributed by atoms with Gasteiger partial charge in [0.2, 0.25) is 5.91 Å². The number of amides is 1. The Morgan fingerprint density at radius 2 is 1.82 bits per heavy atom. The highest BCUT2D eigenvalue weighted by Crippen LogP contribution is 2.57. The fourth-order valence-corrected chi connectivity index (χ4v) is 6.00. The van der Waals surface area contributed by atoms with Crippen LogP contribution in [0.4, 0.5) is 16.0 Å². The number of fused-ring (bicyclic) bond motifs is 3. The first-order chi connectivity index (χ1) is 18.7. The predicted molar refractivity (Wildman–Crippen MR) is 143 cm³/mol. The van der Waals surface area contributed by atoms with E-state index in [9.17, 15) is 9.18 Å². The maximum atomic E-state index is 13.6. The number of aromatic nitrogens is 7. The Bertz CT molecular complexity index is 1480. The molecule has 4 heterocycles. The molecule has 39 heavy (non-hydrogen) atoms. The van der Waals surface area contributed by atoms with Crippen molar-refractivity contribution in [3.8, 4) is 5.82 Å². The number of rotatable bonds is 7. The molecule has 0 saturated heterocycles. The van der Waals surface area contributed by atoms with Crippen LogP contribution in [0.3, 0.4) is 0 Å². The second-order valence-corrected chi connectivity index (χ2v) is 11.1. The predicted octanol–water partition coefficient (Wildman–Crippen LogP) is 4.75. The first-order valence-corrected chi connectivity index (χ1v) is 13.4. The molecule has 0 spiro atoms. The van der Waals surface area contributed by atoms with E-state index in [2.05, 4.69) is 30.9 Å². The average molecular weight is 530 g/mol. The summed E-state index contributed by atoms with van der Waals surface area (Å²) < 4.78 is 14.7. The summed E-state index contributed by atoms with van der Waals surface area (Å²) in [5, 5.41) is 17.6. The normalized spacial score (nSPS) is 23.0. The molecule has 4 aromatic heterocycles. The van der Waals surface area contributed by atoms with Crippen LogP contribution in [-0.2, 0) is 10.2 Å². The van der Waals surface area contributed by atoms with Crippen LogP contribution < -0.4 is 10.6 Å². The second-order valence-electron chi connectivity index (χ2n) is 11.1. The monoisotopic (exact) mass is 529 g/mol. The third kappa shape index (κ3) is 4.77. The minimum absolute atomic E-state index is 0.101. The number of hydrogen-bond acceptors (Lipinski definition) is 7. The van der Waals surface area contributed by atoms with Gasteiger partial charge in [-0.15, -0.1) is 0 Å². The molecular weight excluding hydrogens is 497 g/mol. The van der Waals surface area contributed by atoms with E-state index in [1.165, 1.54) is 10.9 Å². The fourth-order valence-electron chi connectivity index (χ4n) is 6.00. The highest BCUT2D eigenvalue weighted by molar-refractivity contribution is 5.83. The molecule has 4 aromatic rings. The van der Waals surface area contributed by atoms with Crippen LogP contribution in [0.5, 0.6) is 0 Å². The Kier molecular flexibility index (Phi) is 6.16. The number of nitrogens with zero attached hydrogens (tertiary/aromatic N) is 6. The van der Waals surface area contributed by atoms with Gasteiger partial charge >= 0.3 is 0 Å². The van der Waals surface area contributed by atoms with Gasteiger partial charge in [0.1, 0.15) is 17.5 Å². The Balaban J connectivity index is 1.12. The van der Waals surface area contributed by atoms with Gasteiger partial charge in [-0.3, -0.25) is 9.89 Å². The minimum Gasteiger partial charge on any atom is -0.349 e. The molecule has 11 heteroatoms. The van der Waals surface area contributed by atoms with E-state index in [1.54, 1.807) is 12.3 Å². The van der Waals surface area contributed by atoms with E-state index in [-0.39, 0.29) is 22.8 Å². The molecule has 1 unspecified atom stereocenters. The van der Waals surface area contributed by atoms with Gasteiger partial charge in [-0.25, -0.2) is 24.0 Å². The topological polar surface area (TPSA) is 126 Å². The van der Waals surface area contributed by atoms with Crippen LogP contribution in [0, 0.1) is 25.1 Å². The molecule has 0 radical (unpaired) electrons. The third-order valence-corrected chi connectivity index (χ3v) is 8.43. The largest absolute Gasteiger partial charge is 0.349 e. The van der Waals surface area contributed by atoms with Gasteiger partial charge in [0.25, 0.3) is 0 Å². The Labute approximate surface area is 225 Å². The van der Waals surface area contributed by atoms with Crippen LogP contribution in [-0.4, -0.2) is 40.8 Å². The van der Waals surface area contributed by atoms with E-state index >= 15 is 0 Å². The molecule has 10 nitrogen and oxygen atoms in total. The fraction of sp³-hybridized carbons (Fsp3) is 0.429. The molecule has 7 rings (SSSR count). The number of halogens is 1.